The Hall–Kier alpha value is -3.55. The SMILES string of the molecule is COc1ncc(-c2cc(C)c3c(O)n(-c4cnn(C(C)(C)C)c4)cc3n2)cc1OC(C)C. The molecule has 0 atom stereocenters. The zero-order chi connectivity index (χ0) is 23.2. The van der Waals surface area contributed by atoms with Crippen LogP contribution in [-0.4, -0.2) is 42.6 Å². The maximum Gasteiger partial charge on any atom is 0.256 e. The second-order valence-corrected chi connectivity index (χ2v) is 9.12. The summed E-state index contributed by atoms with van der Waals surface area (Å²) in [5.74, 6) is 1.14. The molecule has 0 radical (unpaired) electrons. The Morgan fingerprint density at radius 3 is 2.47 bits per heavy atom. The average Bonchev–Trinajstić information content (AvgIpc) is 3.32. The predicted octanol–water partition coefficient (Wildman–Crippen LogP) is 4.85. The van der Waals surface area contributed by atoms with Crippen molar-refractivity contribution in [2.75, 3.05) is 7.11 Å². The molecule has 0 unspecified atom stereocenters. The lowest BCUT2D eigenvalue weighted by molar-refractivity contribution is 0.227. The van der Waals surface area contributed by atoms with E-state index < -0.39 is 0 Å². The summed E-state index contributed by atoms with van der Waals surface area (Å²) in [7, 11) is 1.57. The van der Waals surface area contributed by atoms with E-state index in [9.17, 15) is 5.11 Å². The third-order valence-corrected chi connectivity index (χ3v) is 5.15. The molecule has 8 heteroatoms. The molecule has 8 nitrogen and oxygen atoms in total. The molecule has 0 saturated heterocycles. The summed E-state index contributed by atoms with van der Waals surface area (Å²) in [6, 6.07) is 3.82. The number of pyridine rings is 2. The van der Waals surface area contributed by atoms with Crippen LogP contribution in [0.3, 0.4) is 0 Å². The average molecular weight is 436 g/mol. The number of aromatic nitrogens is 5. The summed E-state index contributed by atoms with van der Waals surface area (Å²) in [4.78, 5) is 9.18. The van der Waals surface area contributed by atoms with Crippen molar-refractivity contribution in [2.24, 2.45) is 0 Å². The molecule has 32 heavy (non-hydrogen) atoms. The first-order valence-electron chi connectivity index (χ1n) is 10.6. The summed E-state index contributed by atoms with van der Waals surface area (Å²) in [6.45, 7) is 12.1. The van der Waals surface area contributed by atoms with E-state index >= 15 is 0 Å². The molecule has 0 aliphatic heterocycles. The second kappa shape index (κ2) is 7.85. The third-order valence-electron chi connectivity index (χ3n) is 5.15. The van der Waals surface area contributed by atoms with Crippen LogP contribution in [0.2, 0.25) is 0 Å². The van der Waals surface area contributed by atoms with Gasteiger partial charge in [-0.15, -0.1) is 0 Å². The van der Waals surface area contributed by atoms with Gasteiger partial charge in [0.05, 0.1) is 47.2 Å². The second-order valence-electron chi connectivity index (χ2n) is 9.12. The number of fused-ring (bicyclic) bond motifs is 1. The van der Waals surface area contributed by atoms with E-state index in [2.05, 4.69) is 30.9 Å². The number of hydrogen-bond acceptors (Lipinski definition) is 6. The topological polar surface area (TPSA) is 87.2 Å². The highest BCUT2D eigenvalue weighted by atomic mass is 16.5. The minimum Gasteiger partial charge on any atom is -0.494 e. The van der Waals surface area contributed by atoms with Gasteiger partial charge in [-0.05, 0) is 59.2 Å². The molecule has 4 aromatic heterocycles. The van der Waals surface area contributed by atoms with Crippen molar-refractivity contribution >= 4 is 10.9 Å². The molecular weight excluding hydrogens is 406 g/mol. The lowest BCUT2D eigenvalue weighted by Gasteiger charge is -2.18. The molecule has 1 N–H and O–H groups in total. The van der Waals surface area contributed by atoms with Crippen LogP contribution in [0.4, 0.5) is 0 Å². The van der Waals surface area contributed by atoms with E-state index in [1.54, 1.807) is 24.1 Å². The van der Waals surface area contributed by atoms with Gasteiger partial charge in [0.2, 0.25) is 5.88 Å². The molecule has 4 heterocycles. The summed E-state index contributed by atoms with van der Waals surface area (Å²) in [5.41, 5.74) is 3.75. The van der Waals surface area contributed by atoms with Crippen LogP contribution in [0.15, 0.2) is 36.9 Å². The van der Waals surface area contributed by atoms with E-state index in [4.69, 9.17) is 14.5 Å². The van der Waals surface area contributed by atoms with Gasteiger partial charge in [-0.25, -0.2) is 9.97 Å². The minimum absolute atomic E-state index is 0.0156. The van der Waals surface area contributed by atoms with Crippen LogP contribution in [0.25, 0.3) is 27.8 Å². The van der Waals surface area contributed by atoms with Gasteiger partial charge >= 0.3 is 0 Å². The monoisotopic (exact) mass is 435 g/mol. The summed E-state index contributed by atoms with van der Waals surface area (Å²) < 4.78 is 14.8. The van der Waals surface area contributed by atoms with E-state index in [0.29, 0.717) is 22.5 Å². The maximum absolute atomic E-state index is 10.9. The fraction of sp³-hybridized carbons (Fsp3) is 0.375. The predicted molar refractivity (Wildman–Crippen MR) is 124 cm³/mol. The first kappa shape index (κ1) is 21.7. The first-order valence-corrected chi connectivity index (χ1v) is 10.6. The Bertz CT molecular complexity index is 1280. The lowest BCUT2D eigenvalue weighted by Crippen LogP contribution is -2.21. The van der Waals surface area contributed by atoms with Gasteiger partial charge in [0.25, 0.3) is 5.88 Å². The molecule has 0 spiro atoms. The Morgan fingerprint density at radius 2 is 1.84 bits per heavy atom. The summed E-state index contributed by atoms with van der Waals surface area (Å²) in [5, 5.41) is 16.1. The number of aryl methyl sites for hydroxylation is 1. The van der Waals surface area contributed by atoms with Crippen molar-refractivity contribution < 1.29 is 14.6 Å². The van der Waals surface area contributed by atoms with Crippen molar-refractivity contribution in [3.05, 3.63) is 42.5 Å². The van der Waals surface area contributed by atoms with Crippen molar-refractivity contribution in [3.8, 4) is 34.5 Å². The quantitative estimate of drug-likeness (QED) is 0.482. The Kier molecular flexibility index (Phi) is 5.32. The van der Waals surface area contributed by atoms with E-state index in [-0.39, 0.29) is 17.5 Å². The highest BCUT2D eigenvalue weighted by Gasteiger charge is 2.19. The largest absolute Gasteiger partial charge is 0.494 e. The molecule has 0 bridgehead atoms. The maximum atomic E-state index is 10.9. The fourth-order valence-corrected chi connectivity index (χ4v) is 3.60. The smallest absolute Gasteiger partial charge is 0.256 e. The zero-order valence-electron chi connectivity index (χ0n) is 19.5. The van der Waals surface area contributed by atoms with Crippen molar-refractivity contribution in [2.45, 2.75) is 53.2 Å². The number of ether oxygens (including phenoxy) is 2. The van der Waals surface area contributed by atoms with Gasteiger partial charge in [-0.2, -0.15) is 5.10 Å². The van der Waals surface area contributed by atoms with E-state index in [0.717, 1.165) is 22.5 Å². The Labute approximate surface area is 187 Å². The number of hydrogen-bond donors (Lipinski definition) is 1. The van der Waals surface area contributed by atoms with Crippen molar-refractivity contribution in [1.29, 1.82) is 0 Å². The summed E-state index contributed by atoms with van der Waals surface area (Å²) in [6.07, 6.45) is 7.18. The van der Waals surface area contributed by atoms with Crippen LogP contribution >= 0.6 is 0 Å². The lowest BCUT2D eigenvalue weighted by atomic mass is 10.1. The van der Waals surface area contributed by atoms with Crippen LogP contribution in [0, 0.1) is 6.92 Å². The molecule has 168 valence electrons. The molecule has 0 amide bonds. The molecular formula is C24H29N5O3. The van der Waals surface area contributed by atoms with Gasteiger partial charge < -0.3 is 14.6 Å². The van der Waals surface area contributed by atoms with E-state index in [1.807, 2.05) is 50.0 Å². The van der Waals surface area contributed by atoms with Crippen LogP contribution in [0.5, 0.6) is 17.5 Å². The molecule has 0 aliphatic rings. The highest BCUT2D eigenvalue weighted by Crippen LogP contribution is 2.36. The Balaban J connectivity index is 1.81. The van der Waals surface area contributed by atoms with Gasteiger partial charge in [0, 0.05) is 24.2 Å². The fourth-order valence-electron chi connectivity index (χ4n) is 3.60. The van der Waals surface area contributed by atoms with Gasteiger partial charge in [0.1, 0.15) is 0 Å². The van der Waals surface area contributed by atoms with Gasteiger partial charge in [0.15, 0.2) is 5.75 Å². The molecule has 4 aromatic rings. The van der Waals surface area contributed by atoms with Crippen LogP contribution < -0.4 is 9.47 Å². The number of aromatic hydroxyl groups is 1. The Morgan fingerprint density at radius 1 is 1.09 bits per heavy atom. The first-order chi connectivity index (χ1) is 15.1. The van der Waals surface area contributed by atoms with Crippen molar-refractivity contribution in [3.63, 3.8) is 0 Å². The van der Waals surface area contributed by atoms with Crippen molar-refractivity contribution in [1.82, 2.24) is 24.3 Å². The van der Waals surface area contributed by atoms with Crippen LogP contribution in [-0.2, 0) is 5.54 Å². The molecule has 0 saturated carbocycles. The number of rotatable bonds is 5. The molecule has 4 rings (SSSR count). The highest BCUT2D eigenvalue weighted by molar-refractivity contribution is 5.90. The van der Waals surface area contributed by atoms with Gasteiger partial charge in [-0.3, -0.25) is 9.25 Å². The number of nitrogens with zero attached hydrogens (tertiary/aromatic N) is 5. The number of methoxy groups -OCH3 is 1. The summed E-state index contributed by atoms with van der Waals surface area (Å²) >= 11 is 0. The minimum atomic E-state index is -0.154. The van der Waals surface area contributed by atoms with E-state index in [1.165, 1.54) is 0 Å². The third kappa shape index (κ3) is 3.88. The molecule has 0 fully saturated rings. The standard InChI is InChI=1S/C24H29N5O3/c1-14(2)32-20-9-16(10-25-22(20)31-7)18-8-15(3)21-19(27-18)13-28(23(21)30)17-11-26-29(12-17)24(4,5)6/h8-14,30H,1-7H3. The zero-order valence-corrected chi connectivity index (χ0v) is 19.5. The van der Waals surface area contributed by atoms with Gasteiger partial charge in [-0.1, -0.05) is 0 Å². The normalized spacial score (nSPS) is 12.0. The molecule has 0 aromatic carbocycles. The van der Waals surface area contributed by atoms with Crippen LogP contribution in [0.1, 0.15) is 40.2 Å². The molecule has 0 aliphatic carbocycles.